The molecule has 0 aromatic heterocycles. The first-order chi connectivity index (χ1) is 12.0. The second-order valence-electron chi connectivity index (χ2n) is 8.96. The molecule has 3 unspecified atom stereocenters. The molecule has 150 valence electrons. The Kier molecular flexibility index (Phi) is 7.90. The van der Waals surface area contributed by atoms with Gasteiger partial charge in [-0.1, -0.05) is 41.5 Å². The van der Waals surface area contributed by atoms with Crippen LogP contribution in [0.15, 0.2) is 0 Å². The Morgan fingerprint density at radius 3 is 1.85 bits per heavy atom. The van der Waals surface area contributed by atoms with Crippen molar-refractivity contribution in [3.63, 3.8) is 0 Å². The van der Waals surface area contributed by atoms with Crippen molar-refractivity contribution in [2.45, 2.75) is 78.0 Å². The van der Waals surface area contributed by atoms with Crippen LogP contribution in [0.5, 0.6) is 0 Å². The van der Waals surface area contributed by atoms with E-state index in [0.717, 1.165) is 25.4 Å². The minimum atomic E-state index is -0.861. The van der Waals surface area contributed by atoms with Gasteiger partial charge in [-0.3, -0.25) is 10.1 Å². The molecule has 0 saturated carbocycles. The highest BCUT2D eigenvalue weighted by atomic mass is 32.2. The Bertz CT molecular complexity index is 488. The molecule has 5 nitrogen and oxygen atoms in total. The summed E-state index contributed by atoms with van der Waals surface area (Å²) >= 11 is 1.63. The van der Waals surface area contributed by atoms with Gasteiger partial charge >= 0.3 is 5.97 Å². The molecule has 0 aliphatic carbocycles. The van der Waals surface area contributed by atoms with Crippen molar-refractivity contribution in [1.82, 2.24) is 5.32 Å². The number of aldehydes is 2. The number of thioether (sulfide) groups is 1. The van der Waals surface area contributed by atoms with E-state index in [2.05, 4.69) is 33.0 Å². The molecule has 0 spiro atoms. The quantitative estimate of drug-likeness (QED) is 0.527. The number of nitrogens with one attached hydrogen (secondary N) is 1. The average Bonchev–Trinajstić information content (AvgIpc) is 2.90. The first-order valence-corrected chi connectivity index (χ1v) is 10.5. The van der Waals surface area contributed by atoms with Gasteiger partial charge in [-0.15, -0.1) is 11.8 Å². The molecule has 1 saturated heterocycles. The molecule has 1 rings (SSSR count). The molecule has 26 heavy (non-hydrogen) atoms. The van der Waals surface area contributed by atoms with Gasteiger partial charge in [0.05, 0.1) is 0 Å². The van der Waals surface area contributed by atoms with Crippen molar-refractivity contribution in [2.24, 2.45) is 22.7 Å². The summed E-state index contributed by atoms with van der Waals surface area (Å²) < 4.78 is -0.550. The maximum atomic E-state index is 12.0. The lowest BCUT2D eigenvalue weighted by atomic mass is 9.64. The molecule has 1 aliphatic rings. The van der Waals surface area contributed by atoms with Crippen LogP contribution in [-0.4, -0.2) is 40.3 Å². The van der Waals surface area contributed by atoms with Gasteiger partial charge in [0.15, 0.2) is 0 Å². The first kappa shape index (κ1) is 23.2. The van der Waals surface area contributed by atoms with Crippen LogP contribution in [0.25, 0.3) is 0 Å². The summed E-state index contributed by atoms with van der Waals surface area (Å²) in [5.74, 6) is -0.531. The Morgan fingerprint density at radius 1 is 1.12 bits per heavy atom. The van der Waals surface area contributed by atoms with Crippen molar-refractivity contribution >= 4 is 30.3 Å². The smallest absolute Gasteiger partial charge is 0.322 e. The number of carboxylic acids is 1. The van der Waals surface area contributed by atoms with Crippen molar-refractivity contribution in [1.29, 1.82) is 0 Å². The summed E-state index contributed by atoms with van der Waals surface area (Å²) in [6, 6.07) is -0.681. The highest BCUT2D eigenvalue weighted by molar-refractivity contribution is 8.01. The number of rotatable bonds is 11. The SMILES string of the molecule is CCC(C=O)C(C)(C)CC1(CC(C)(C)C(C=O)CC)SCNC1C(=O)O. The van der Waals surface area contributed by atoms with Crippen LogP contribution in [0.3, 0.4) is 0 Å². The Morgan fingerprint density at radius 2 is 1.54 bits per heavy atom. The second-order valence-corrected chi connectivity index (χ2v) is 10.4. The predicted octanol–water partition coefficient (Wildman–Crippen LogP) is 3.76. The summed E-state index contributed by atoms with van der Waals surface area (Å²) in [6.45, 7) is 12.2. The topological polar surface area (TPSA) is 83.5 Å². The largest absolute Gasteiger partial charge is 0.480 e. The van der Waals surface area contributed by atoms with E-state index >= 15 is 0 Å². The summed E-state index contributed by atoms with van der Waals surface area (Å²) in [5.41, 5.74) is -0.635. The molecule has 0 radical (unpaired) electrons. The van der Waals surface area contributed by atoms with E-state index in [1.807, 2.05) is 13.8 Å². The third-order valence-corrected chi connectivity index (χ3v) is 7.56. The van der Waals surface area contributed by atoms with Crippen LogP contribution in [-0.2, 0) is 14.4 Å². The fourth-order valence-electron chi connectivity index (χ4n) is 4.69. The average molecular weight is 386 g/mol. The van der Waals surface area contributed by atoms with Crippen LogP contribution in [0.2, 0.25) is 0 Å². The van der Waals surface area contributed by atoms with Gasteiger partial charge in [0.1, 0.15) is 18.6 Å². The van der Waals surface area contributed by atoms with E-state index in [1.54, 1.807) is 11.8 Å². The van der Waals surface area contributed by atoms with Gasteiger partial charge in [-0.25, -0.2) is 0 Å². The van der Waals surface area contributed by atoms with E-state index in [1.165, 1.54) is 0 Å². The number of carboxylic acid groups (broad SMARTS) is 1. The van der Waals surface area contributed by atoms with Crippen LogP contribution >= 0.6 is 11.8 Å². The molecule has 6 heteroatoms. The normalized spacial score (nSPS) is 26.3. The third-order valence-electron chi connectivity index (χ3n) is 6.15. The zero-order valence-electron chi connectivity index (χ0n) is 17.0. The third kappa shape index (κ3) is 4.89. The molecular formula is C20H35NO4S. The number of hydrogen-bond donors (Lipinski definition) is 2. The van der Waals surface area contributed by atoms with E-state index in [0.29, 0.717) is 18.7 Å². The van der Waals surface area contributed by atoms with Crippen LogP contribution in [0.1, 0.15) is 67.2 Å². The Hall–Kier alpha value is -0.880. The molecule has 3 atom stereocenters. The van der Waals surface area contributed by atoms with E-state index in [4.69, 9.17) is 0 Å². The second kappa shape index (κ2) is 8.87. The molecule has 0 amide bonds. The summed E-state index contributed by atoms with van der Waals surface area (Å²) in [5, 5.41) is 13.0. The van der Waals surface area contributed by atoms with Crippen molar-refractivity contribution in [2.75, 3.05) is 5.88 Å². The van der Waals surface area contributed by atoms with Gasteiger partial charge in [0.2, 0.25) is 0 Å². The van der Waals surface area contributed by atoms with Crippen LogP contribution < -0.4 is 5.32 Å². The molecule has 2 N–H and O–H groups in total. The number of carbonyl (C=O) groups is 3. The summed E-state index contributed by atoms with van der Waals surface area (Å²) in [7, 11) is 0. The maximum absolute atomic E-state index is 12.0. The van der Waals surface area contributed by atoms with Crippen molar-refractivity contribution in [3.05, 3.63) is 0 Å². The Balaban J connectivity index is 3.30. The number of carbonyl (C=O) groups excluding carboxylic acids is 2. The molecule has 1 heterocycles. The zero-order chi connectivity index (χ0) is 20.2. The highest BCUT2D eigenvalue weighted by Gasteiger charge is 2.54. The maximum Gasteiger partial charge on any atom is 0.322 e. The minimum absolute atomic E-state index is 0.119. The lowest BCUT2D eigenvalue weighted by Crippen LogP contribution is -2.53. The summed E-state index contributed by atoms with van der Waals surface area (Å²) in [4.78, 5) is 35.1. The lowest BCUT2D eigenvalue weighted by molar-refractivity contribution is -0.140. The predicted molar refractivity (Wildman–Crippen MR) is 106 cm³/mol. The van der Waals surface area contributed by atoms with Gasteiger partial charge < -0.3 is 14.7 Å². The van der Waals surface area contributed by atoms with Gasteiger partial charge in [0, 0.05) is 22.5 Å². The van der Waals surface area contributed by atoms with Crippen molar-refractivity contribution < 1.29 is 19.5 Å². The molecule has 1 aliphatic heterocycles. The molecule has 0 bridgehead atoms. The first-order valence-electron chi connectivity index (χ1n) is 9.50. The van der Waals surface area contributed by atoms with Gasteiger partial charge in [-0.2, -0.15) is 0 Å². The number of aliphatic carboxylic acids is 1. The molecule has 1 fully saturated rings. The zero-order valence-corrected chi connectivity index (χ0v) is 17.8. The van der Waals surface area contributed by atoms with E-state index < -0.39 is 16.8 Å². The highest BCUT2D eigenvalue weighted by Crippen LogP contribution is 2.53. The molecular weight excluding hydrogens is 350 g/mol. The lowest BCUT2D eigenvalue weighted by Gasteiger charge is -2.46. The van der Waals surface area contributed by atoms with Crippen LogP contribution in [0, 0.1) is 22.7 Å². The van der Waals surface area contributed by atoms with E-state index in [-0.39, 0.29) is 22.7 Å². The standard InChI is InChI=1S/C20H35NO4S/c1-7-14(9-22)18(3,4)11-20(16(17(24)25)21-13-26-20)12-19(5,6)15(8-2)10-23/h9-10,14-16,21H,7-8,11-13H2,1-6H3,(H,24,25). The minimum Gasteiger partial charge on any atom is -0.480 e. The molecule has 0 aromatic carbocycles. The summed E-state index contributed by atoms with van der Waals surface area (Å²) in [6.07, 6.45) is 4.70. The van der Waals surface area contributed by atoms with E-state index in [9.17, 15) is 19.5 Å². The number of hydrogen-bond acceptors (Lipinski definition) is 5. The fourth-order valence-corrected chi connectivity index (χ4v) is 6.53. The van der Waals surface area contributed by atoms with Crippen LogP contribution in [0.4, 0.5) is 0 Å². The molecule has 0 aromatic rings. The van der Waals surface area contributed by atoms with Gasteiger partial charge in [-0.05, 0) is 36.5 Å². The van der Waals surface area contributed by atoms with Crippen molar-refractivity contribution in [3.8, 4) is 0 Å². The monoisotopic (exact) mass is 385 g/mol. The Labute approximate surface area is 162 Å². The fraction of sp³-hybridized carbons (Fsp3) is 0.850. The van der Waals surface area contributed by atoms with Gasteiger partial charge in [0.25, 0.3) is 0 Å².